The lowest BCUT2D eigenvalue weighted by atomic mass is 9.94. The molecule has 2 N–H and O–H groups in total. The standard InChI is InChI=1S/C19H20F2N2O2/c1-12-8-9-22-11-17(12)23-19(24)13-2-5-15(6-3-13)25-18-7-4-14(20)10-16(18)21/h2-7,10,12,17,22H,8-9,11H2,1H3,(H,23,24). The van der Waals surface area contributed by atoms with Crippen molar-refractivity contribution in [3.8, 4) is 11.5 Å². The van der Waals surface area contributed by atoms with Crippen LogP contribution in [-0.4, -0.2) is 25.0 Å². The lowest BCUT2D eigenvalue weighted by Gasteiger charge is -2.30. The Morgan fingerprint density at radius 2 is 1.96 bits per heavy atom. The molecule has 3 rings (SSSR count). The van der Waals surface area contributed by atoms with E-state index in [-0.39, 0.29) is 17.7 Å². The average molecular weight is 346 g/mol. The largest absolute Gasteiger partial charge is 0.454 e. The van der Waals surface area contributed by atoms with E-state index in [2.05, 4.69) is 17.6 Å². The molecule has 25 heavy (non-hydrogen) atoms. The zero-order valence-electron chi connectivity index (χ0n) is 13.9. The van der Waals surface area contributed by atoms with Crippen molar-refractivity contribution in [3.63, 3.8) is 0 Å². The molecule has 2 unspecified atom stereocenters. The fourth-order valence-electron chi connectivity index (χ4n) is 2.79. The van der Waals surface area contributed by atoms with Gasteiger partial charge in [0.05, 0.1) is 0 Å². The Morgan fingerprint density at radius 1 is 1.20 bits per heavy atom. The molecular weight excluding hydrogens is 326 g/mol. The zero-order chi connectivity index (χ0) is 17.8. The summed E-state index contributed by atoms with van der Waals surface area (Å²) in [7, 11) is 0. The summed E-state index contributed by atoms with van der Waals surface area (Å²) in [6.07, 6.45) is 1.03. The zero-order valence-corrected chi connectivity index (χ0v) is 13.9. The van der Waals surface area contributed by atoms with Crippen molar-refractivity contribution in [1.29, 1.82) is 0 Å². The minimum absolute atomic E-state index is 0.0688. The van der Waals surface area contributed by atoms with Crippen LogP contribution in [0.25, 0.3) is 0 Å². The van der Waals surface area contributed by atoms with Crippen LogP contribution in [0.4, 0.5) is 8.78 Å². The van der Waals surface area contributed by atoms with Crippen LogP contribution in [0.1, 0.15) is 23.7 Å². The third kappa shape index (κ3) is 4.33. The Bertz CT molecular complexity index is 750. The van der Waals surface area contributed by atoms with Crippen molar-refractivity contribution in [2.24, 2.45) is 5.92 Å². The van der Waals surface area contributed by atoms with Gasteiger partial charge in [0.2, 0.25) is 0 Å². The van der Waals surface area contributed by atoms with Gasteiger partial charge in [0.25, 0.3) is 5.91 Å². The molecular formula is C19H20F2N2O2. The van der Waals surface area contributed by atoms with Crippen molar-refractivity contribution < 1.29 is 18.3 Å². The molecule has 0 aliphatic carbocycles. The quantitative estimate of drug-likeness (QED) is 0.891. The number of hydrogen-bond acceptors (Lipinski definition) is 3. The fraction of sp³-hybridized carbons (Fsp3) is 0.316. The lowest BCUT2D eigenvalue weighted by Crippen LogP contribution is -2.50. The first-order valence-corrected chi connectivity index (χ1v) is 8.27. The third-order valence-corrected chi connectivity index (χ3v) is 4.38. The van der Waals surface area contributed by atoms with Gasteiger partial charge in [-0.25, -0.2) is 8.78 Å². The van der Waals surface area contributed by atoms with Crippen molar-refractivity contribution in [3.05, 3.63) is 59.7 Å². The van der Waals surface area contributed by atoms with E-state index in [0.717, 1.165) is 31.6 Å². The Kier molecular flexibility index (Phi) is 5.28. The van der Waals surface area contributed by atoms with Crippen LogP contribution in [-0.2, 0) is 0 Å². The highest BCUT2D eigenvalue weighted by Crippen LogP contribution is 2.25. The van der Waals surface area contributed by atoms with Gasteiger partial charge in [-0.3, -0.25) is 4.79 Å². The van der Waals surface area contributed by atoms with Gasteiger partial charge in [0.15, 0.2) is 11.6 Å². The van der Waals surface area contributed by atoms with E-state index in [4.69, 9.17) is 4.74 Å². The number of carbonyl (C=O) groups excluding carboxylic acids is 1. The number of ether oxygens (including phenoxy) is 1. The summed E-state index contributed by atoms with van der Waals surface area (Å²) in [6, 6.07) is 9.62. The monoisotopic (exact) mass is 346 g/mol. The summed E-state index contributed by atoms with van der Waals surface area (Å²) < 4.78 is 31.9. The molecule has 132 valence electrons. The molecule has 1 heterocycles. The van der Waals surface area contributed by atoms with Crippen molar-refractivity contribution in [2.45, 2.75) is 19.4 Å². The van der Waals surface area contributed by atoms with Crippen LogP contribution in [0, 0.1) is 17.6 Å². The predicted molar refractivity (Wildman–Crippen MR) is 90.8 cm³/mol. The van der Waals surface area contributed by atoms with Crippen LogP contribution in [0.3, 0.4) is 0 Å². The highest BCUT2D eigenvalue weighted by atomic mass is 19.1. The maximum Gasteiger partial charge on any atom is 0.251 e. The van der Waals surface area contributed by atoms with Gasteiger partial charge in [-0.05, 0) is 55.3 Å². The number of amides is 1. The molecule has 2 aromatic carbocycles. The molecule has 1 amide bonds. The van der Waals surface area contributed by atoms with Gasteiger partial charge in [-0.2, -0.15) is 0 Å². The molecule has 0 bridgehead atoms. The van der Waals surface area contributed by atoms with E-state index < -0.39 is 11.6 Å². The van der Waals surface area contributed by atoms with Gasteiger partial charge in [0.1, 0.15) is 11.6 Å². The predicted octanol–water partition coefficient (Wildman–Crippen LogP) is 3.48. The molecule has 2 atom stereocenters. The maximum absolute atomic E-state index is 13.6. The molecule has 0 spiro atoms. The molecule has 4 nitrogen and oxygen atoms in total. The van der Waals surface area contributed by atoms with Crippen molar-refractivity contribution >= 4 is 5.91 Å². The molecule has 1 aliphatic rings. The minimum atomic E-state index is -0.777. The molecule has 0 aromatic heterocycles. The van der Waals surface area contributed by atoms with E-state index in [1.165, 1.54) is 6.07 Å². The molecule has 0 saturated carbocycles. The van der Waals surface area contributed by atoms with Crippen LogP contribution in [0.2, 0.25) is 0 Å². The number of hydrogen-bond donors (Lipinski definition) is 2. The van der Waals surface area contributed by atoms with Crippen molar-refractivity contribution in [2.75, 3.05) is 13.1 Å². The first-order chi connectivity index (χ1) is 12.0. The summed E-state index contributed by atoms with van der Waals surface area (Å²) in [5.74, 6) is -0.867. The highest BCUT2D eigenvalue weighted by molar-refractivity contribution is 5.94. The first-order valence-electron chi connectivity index (χ1n) is 8.27. The molecule has 1 aliphatic heterocycles. The highest BCUT2D eigenvalue weighted by Gasteiger charge is 2.23. The van der Waals surface area contributed by atoms with E-state index in [1.807, 2.05) is 0 Å². The Labute approximate surface area is 145 Å². The number of halogens is 2. The number of piperidine rings is 1. The van der Waals surface area contributed by atoms with E-state index in [9.17, 15) is 13.6 Å². The molecule has 0 radical (unpaired) electrons. The Balaban J connectivity index is 1.64. The Morgan fingerprint density at radius 3 is 2.64 bits per heavy atom. The van der Waals surface area contributed by atoms with E-state index in [0.29, 0.717) is 17.2 Å². The summed E-state index contributed by atoms with van der Waals surface area (Å²) in [6.45, 7) is 3.86. The van der Waals surface area contributed by atoms with Gasteiger partial charge in [-0.1, -0.05) is 6.92 Å². The first kappa shape index (κ1) is 17.4. The van der Waals surface area contributed by atoms with Crippen LogP contribution < -0.4 is 15.4 Å². The molecule has 1 saturated heterocycles. The van der Waals surface area contributed by atoms with E-state index >= 15 is 0 Å². The second-order valence-electron chi connectivity index (χ2n) is 6.25. The molecule has 2 aromatic rings. The number of rotatable bonds is 4. The number of carbonyl (C=O) groups is 1. The number of nitrogens with one attached hydrogen (secondary N) is 2. The van der Waals surface area contributed by atoms with Gasteiger partial charge >= 0.3 is 0 Å². The van der Waals surface area contributed by atoms with Gasteiger partial charge in [0, 0.05) is 24.2 Å². The normalized spacial score (nSPS) is 20.1. The SMILES string of the molecule is CC1CCNCC1NC(=O)c1ccc(Oc2ccc(F)cc2F)cc1. The average Bonchev–Trinajstić information content (AvgIpc) is 2.60. The molecule has 6 heteroatoms. The third-order valence-electron chi connectivity index (χ3n) is 4.38. The summed E-state index contributed by atoms with van der Waals surface area (Å²) in [5, 5.41) is 6.30. The van der Waals surface area contributed by atoms with Gasteiger partial charge in [-0.15, -0.1) is 0 Å². The summed E-state index contributed by atoms with van der Waals surface area (Å²) >= 11 is 0. The topological polar surface area (TPSA) is 50.4 Å². The van der Waals surface area contributed by atoms with Crippen LogP contribution in [0.15, 0.2) is 42.5 Å². The summed E-state index contributed by atoms with van der Waals surface area (Å²) in [5.41, 5.74) is 0.504. The van der Waals surface area contributed by atoms with Crippen molar-refractivity contribution in [1.82, 2.24) is 10.6 Å². The van der Waals surface area contributed by atoms with Crippen LogP contribution in [0.5, 0.6) is 11.5 Å². The number of benzene rings is 2. The summed E-state index contributed by atoms with van der Waals surface area (Å²) in [4.78, 5) is 12.3. The fourth-order valence-corrected chi connectivity index (χ4v) is 2.79. The van der Waals surface area contributed by atoms with Crippen LogP contribution >= 0.6 is 0 Å². The molecule has 1 fully saturated rings. The minimum Gasteiger partial charge on any atom is -0.454 e. The second-order valence-corrected chi connectivity index (χ2v) is 6.25. The smallest absolute Gasteiger partial charge is 0.251 e. The Hall–Kier alpha value is -2.47. The maximum atomic E-state index is 13.6. The van der Waals surface area contributed by atoms with E-state index in [1.54, 1.807) is 24.3 Å². The van der Waals surface area contributed by atoms with Gasteiger partial charge < -0.3 is 15.4 Å². The second kappa shape index (κ2) is 7.61. The lowest BCUT2D eigenvalue weighted by molar-refractivity contribution is 0.0915.